The van der Waals surface area contributed by atoms with Crippen molar-refractivity contribution < 1.29 is 9.90 Å². The molecular weight excluding hydrogens is 212 g/mol. The number of ketones is 1. The molecule has 0 aromatic heterocycles. The van der Waals surface area contributed by atoms with Crippen molar-refractivity contribution in [1.82, 2.24) is 0 Å². The van der Waals surface area contributed by atoms with Crippen LogP contribution in [0.25, 0.3) is 0 Å². The predicted octanol–water partition coefficient (Wildman–Crippen LogP) is 3.89. The number of carbonyl (C=O) groups is 1. The summed E-state index contributed by atoms with van der Waals surface area (Å²) in [5, 5.41) is 10.2. The van der Waals surface area contributed by atoms with Crippen LogP contribution in [-0.2, 0) is 12.8 Å². The number of Topliss-reactive ketones (excluding diaryl/α,β-unsaturated/α-hetero) is 1. The van der Waals surface area contributed by atoms with E-state index < -0.39 is 0 Å². The van der Waals surface area contributed by atoms with Crippen LogP contribution < -0.4 is 0 Å². The Labute approximate surface area is 104 Å². The second-order valence-electron chi connectivity index (χ2n) is 4.38. The van der Waals surface area contributed by atoms with Gasteiger partial charge in [-0.2, -0.15) is 0 Å². The molecule has 0 aliphatic rings. The van der Waals surface area contributed by atoms with Crippen molar-refractivity contribution in [3.8, 4) is 5.75 Å². The van der Waals surface area contributed by atoms with Crippen molar-refractivity contribution in [1.29, 1.82) is 0 Å². The fraction of sp³-hybridized carbons (Fsp3) is 0.533. The summed E-state index contributed by atoms with van der Waals surface area (Å²) in [5.74, 6) is 0.229. The van der Waals surface area contributed by atoms with Gasteiger partial charge in [0.2, 0.25) is 0 Å². The number of rotatable bonds is 6. The highest BCUT2D eigenvalue weighted by molar-refractivity contribution is 5.98. The van der Waals surface area contributed by atoms with Gasteiger partial charge in [-0.3, -0.25) is 4.79 Å². The first-order valence-electron chi connectivity index (χ1n) is 6.52. The third-order valence-electron chi connectivity index (χ3n) is 3.02. The molecule has 0 saturated heterocycles. The Hall–Kier alpha value is -1.31. The monoisotopic (exact) mass is 234 g/mol. The molecule has 0 bridgehead atoms. The smallest absolute Gasteiger partial charge is 0.166 e. The van der Waals surface area contributed by atoms with Crippen LogP contribution in [0.4, 0.5) is 0 Å². The molecule has 0 saturated carbocycles. The van der Waals surface area contributed by atoms with Crippen LogP contribution >= 0.6 is 0 Å². The van der Waals surface area contributed by atoms with E-state index in [-0.39, 0.29) is 11.5 Å². The average Bonchev–Trinajstić information content (AvgIpc) is 2.33. The van der Waals surface area contributed by atoms with E-state index >= 15 is 0 Å². The molecule has 0 amide bonds. The van der Waals surface area contributed by atoms with Crippen molar-refractivity contribution in [2.24, 2.45) is 0 Å². The van der Waals surface area contributed by atoms with Gasteiger partial charge >= 0.3 is 0 Å². The average molecular weight is 234 g/mol. The van der Waals surface area contributed by atoms with E-state index in [0.29, 0.717) is 12.0 Å². The topological polar surface area (TPSA) is 37.3 Å². The minimum absolute atomic E-state index is 0.0166. The van der Waals surface area contributed by atoms with Gasteiger partial charge in [0, 0.05) is 6.42 Å². The highest BCUT2D eigenvalue weighted by Crippen LogP contribution is 2.29. The molecule has 2 nitrogen and oxygen atoms in total. The molecule has 2 heteroatoms. The molecule has 0 heterocycles. The molecule has 0 fully saturated rings. The van der Waals surface area contributed by atoms with Gasteiger partial charge < -0.3 is 5.11 Å². The van der Waals surface area contributed by atoms with Crippen LogP contribution in [0.1, 0.15) is 61.5 Å². The van der Waals surface area contributed by atoms with Crippen molar-refractivity contribution in [3.05, 3.63) is 28.8 Å². The zero-order valence-corrected chi connectivity index (χ0v) is 11.0. The van der Waals surface area contributed by atoms with Crippen LogP contribution in [0.2, 0.25) is 0 Å². The van der Waals surface area contributed by atoms with Gasteiger partial charge in [0.1, 0.15) is 5.75 Å². The molecule has 94 valence electrons. The first-order valence-corrected chi connectivity index (χ1v) is 6.52. The molecule has 0 spiro atoms. The number of benzene rings is 1. The van der Waals surface area contributed by atoms with Gasteiger partial charge in [0.15, 0.2) is 5.78 Å². The third kappa shape index (κ3) is 3.09. The maximum absolute atomic E-state index is 11.7. The predicted molar refractivity (Wildman–Crippen MR) is 70.7 cm³/mol. The molecule has 1 N–H and O–H groups in total. The van der Waals surface area contributed by atoms with Crippen LogP contribution in [0, 0.1) is 0 Å². The lowest BCUT2D eigenvalue weighted by Gasteiger charge is -2.13. The van der Waals surface area contributed by atoms with Crippen LogP contribution in [0.5, 0.6) is 5.75 Å². The van der Waals surface area contributed by atoms with Gasteiger partial charge in [0.25, 0.3) is 0 Å². The normalized spacial score (nSPS) is 10.5. The molecule has 0 aliphatic carbocycles. The Morgan fingerprint density at radius 1 is 1.12 bits per heavy atom. The van der Waals surface area contributed by atoms with Gasteiger partial charge in [0.05, 0.1) is 5.56 Å². The summed E-state index contributed by atoms with van der Waals surface area (Å²) in [7, 11) is 0. The Morgan fingerprint density at radius 3 is 2.29 bits per heavy atom. The maximum Gasteiger partial charge on any atom is 0.166 e. The summed E-state index contributed by atoms with van der Waals surface area (Å²) < 4.78 is 0. The molecule has 0 atom stereocenters. The third-order valence-corrected chi connectivity index (χ3v) is 3.02. The Bertz CT molecular complexity index is 394. The summed E-state index contributed by atoms with van der Waals surface area (Å²) in [6, 6.07) is 3.77. The number of phenols is 1. The fourth-order valence-corrected chi connectivity index (χ4v) is 2.13. The molecule has 0 radical (unpaired) electrons. The number of hydrogen-bond donors (Lipinski definition) is 1. The van der Waals surface area contributed by atoms with Crippen LogP contribution in [0.3, 0.4) is 0 Å². The quantitative estimate of drug-likeness (QED) is 0.758. The van der Waals surface area contributed by atoms with E-state index in [4.69, 9.17) is 0 Å². The number of aromatic hydroxyl groups is 1. The van der Waals surface area contributed by atoms with Crippen LogP contribution in [-0.4, -0.2) is 10.9 Å². The summed E-state index contributed by atoms with van der Waals surface area (Å²) in [4.78, 5) is 11.7. The molecule has 0 unspecified atom stereocenters. The SMILES string of the molecule is CCCc1ccc(C(=O)CC)c(O)c1CCC. The second kappa shape index (κ2) is 6.43. The van der Waals surface area contributed by atoms with Gasteiger partial charge in [-0.25, -0.2) is 0 Å². The van der Waals surface area contributed by atoms with Crippen molar-refractivity contribution >= 4 is 5.78 Å². The van der Waals surface area contributed by atoms with E-state index in [1.165, 1.54) is 5.56 Å². The minimum atomic E-state index is 0.0166. The second-order valence-corrected chi connectivity index (χ2v) is 4.38. The van der Waals surface area contributed by atoms with Gasteiger partial charge in [-0.15, -0.1) is 0 Å². The Morgan fingerprint density at radius 2 is 1.76 bits per heavy atom. The van der Waals surface area contributed by atoms with Crippen LogP contribution in [0.15, 0.2) is 12.1 Å². The minimum Gasteiger partial charge on any atom is -0.507 e. The summed E-state index contributed by atoms with van der Waals surface area (Å²) in [5.41, 5.74) is 2.63. The zero-order valence-electron chi connectivity index (χ0n) is 11.0. The van der Waals surface area contributed by atoms with Crippen molar-refractivity contribution in [2.45, 2.75) is 52.9 Å². The lowest BCUT2D eigenvalue weighted by atomic mass is 9.94. The molecule has 1 rings (SSSR count). The highest BCUT2D eigenvalue weighted by Gasteiger charge is 2.15. The largest absolute Gasteiger partial charge is 0.507 e. The van der Waals surface area contributed by atoms with E-state index in [1.807, 2.05) is 13.0 Å². The lowest BCUT2D eigenvalue weighted by Crippen LogP contribution is -2.02. The zero-order chi connectivity index (χ0) is 12.8. The number of phenolic OH excluding ortho intramolecular Hbond substituents is 1. The molecule has 1 aromatic rings. The summed E-state index contributed by atoms with van der Waals surface area (Å²) in [6.45, 7) is 6.03. The van der Waals surface area contributed by atoms with Gasteiger partial charge in [-0.05, 0) is 30.0 Å². The standard InChI is InChI=1S/C15H22O2/c1-4-7-11-9-10-13(14(16)6-3)15(17)12(11)8-5-2/h9-10,17H,4-8H2,1-3H3. The Balaban J connectivity index is 3.22. The number of carbonyl (C=O) groups excluding carboxylic acids is 1. The van der Waals surface area contributed by atoms with E-state index in [0.717, 1.165) is 31.2 Å². The highest BCUT2D eigenvalue weighted by atomic mass is 16.3. The first kappa shape index (κ1) is 13.8. The van der Waals surface area contributed by atoms with Gasteiger partial charge in [-0.1, -0.05) is 39.7 Å². The summed E-state index contributed by atoms with van der Waals surface area (Å²) in [6.07, 6.45) is 4.27. The van der Waals surface area contributed by atoms with E-state index in [1.54, 1.807) is 6.07 Å². The number of aryl methyl sites for hydroxylation is 1. The van der Waals surface area contributed by atoms with E-state index in [9.17, 15) is 9.90 Å². The first-order chi connectivity index (χ1) is 8.15. The number of hydrogen-bond acceptors (Lipinski definition) is 2. The maximum atomic E-state index is 11.7. The molecule has 0 aliphatic heterocycles. The fourth-order valence-electron chi connectivity index (χ4n) is 2.13. The van der Waals surface area contributed by atoms with Crippen molar-refractivity contribution in [3.63, 3.8) is 0 Å². The lowest BCUT2D eigenvalue weighted by molar-refractivity contribution is 0.0985. The van der Waals surface area contributed by atoms with E-state index in [2.05, 4.69) is 13.8 Å². The molecule has 17 heavy (non-hydrogen) atoms. The van der Waals surface area contributed by atoms with Crippen molar-refractivity contribution in [2.75, 3.05) is 0 Å². The summed E-state index contributed by atoms with van der Waals surface area (Å²) >= 11 is 0. The molecular formula is C15H22O2. The molecule has 1 aromatic carbocycles. The Kier molecular flexibility index (Phi) is 5.20.